The molecule has 1 aromatic heterocycles. The zero-order chi connectivity index (χ0) is 21.5. The van der Waals surface area contributed by atoms with E-state index in [9.17, 15) is 4.79 Å². The van der Waals surface area contributed by atoms with E-state index in [0.29, 0.717) is 6.54 Å². The standard InChI is InChI=1S/C25H34N4O2/c1-31-23-11-9-22(10-12-23)28-14-16-29(17-15-28)24(21-8-5-13-26-18-21)19-27-25(30)20-6-3-2-4-7-20/h5,8-13,18,20,24H,2-4,6-7,14-17,19H2,1H3,(H,27,30)/t24-/m1/s1. The molecule has 1 aliphatic heterocycles. The maximum Gasteiger partial charge on any atom is 0.223 e. The van der Waals surface area contributed by atoms with Crippen LogP contribution in [0.1, 0.15) is 43.7 Å². The van der Waals surface area contributed by atoms with Crippen molar-refractivity contribution >= 4 is 11.6 Å². The van der Waals surface area contributed by atoms with Gasteiger partial charge in [-0.1, -0.05) is 25.3 Å². The normalized spacial score (nSPS) is 19.1. The van der Waals surface area contributed by atoms with Crippen molar-refractivity contribution in [1.82, 2.24) is 15.2 Å². The topological polar surface area (TPSA) is 57.7 Å². The number of methoxy groups -OCH3 is 1. The van der Waals surface area contributed by atoms with Crippen LogP contribution in [0.3, 0.4) is 0 Å². The molecule has 2 heterocycles. The SMILES string of the molecule is COc1ccc(N2CCN([C@H](CNC(=O)C3CCCCC3)c3cccnc3)CC2)cc1. The van der Waals surface area contributed by atoms with Crippen molar-refractivity contribution in [3.63, 3.8) is 0 Å². The van der Waals surface area contributed by atoms with Crippen LogP contribution in [-0.2, 0) is 4.79 Å². The van der Waals surface area contributed by atoms with Crippen molar-refractivity contribution in [2.45, 2.75) is 38.1 Å². The quantitative estimate of drug-likeness (QED) is 0.738. The van der Waals surface area contributed by atoms with E-state index in [1.165, 1.54) is 30.5 Å². The fourth-order valence-corrected chi connectivity index (χ4v) is 4.82. The number of benzene rings is 1. The second kappa shape index (κ2) is 10.6. The zero-order valence-corrected chi connectivity index (χ0v) is 18.5. The van der Waals surface area contributed by atoms with Crippen LogP contribution in [0.4, 0.5) is 5.69 Å². The largest absolute Gasteiger partial charge is 0.497 e. The molecule has 1 atom stereocenters. The number of piperazine rings is 1. The van der Waals surface area contributed by atoms with Crippen molar-refractivity contribution < 1.29 is 9.53 Å². The maximum atomic E-state index is 12.7. The highest BCUT2D eigenvalue weighted by Crippen LogP contribution is 2.26. The van der Waals surface area contributed by atoms with E-state index < -0.39 is 0 Å². The summed E-state index contributed by atoms with van der Waals surface area (Å²) < 4.78 is 5.28. The second-order valence-corrected chi connectivity index (χ2v) is 8.60. The minimum atomic E-state index is 0.152. The number of carbonyl (C=O) groups excluding carboxylic acids is 1. The number of nitrogens with zero attached hydrogens (tertiary/aromatic N) is 3. The van der Waals surface area contributed by atoms with E-state index in [-0.39, 0.29) is 17.9 Å². The molecule has 2 aromatic rings. The fourth-order valence-electron chi connectivity index (χ4n) is 4.82. The van der Waals surface area contributed by atoms with Gasteiger partial charge in [0.2, 0.25) is 5.91 Å². The smallest absolute Gasteiger partial charge is 0.223 e. The second-order valence-electron chi connectivity index (χ2n) is 8.60. The highest BCUT2D eigenvalue weighted by molar-refractivity contribution is 5.78. The summed E-state index contributed by atoms with van der Waals surface area (Å²) in [5.41, 5.74) is 2.40. The van der Waals surface area contributed by atoms with E-state index in [4.69, 9.17) is 4.74 Å². The Morgan fingerprint density at radius 1 is 1.10 bits per heavy atom. The molecule has 2 fully saturated rings. The number of ether oxygens (including phenoxy) is 1. The molecule has 166 valence electrons. The molecule has 0 radical (unpaired) electrons. The average molecular weight is 423 g/mol. The molecule has 31 heavy (non-hydrogen) atoms. The number of hydrogen-bond donors (Lipinski definition) is 1. The monoisotopic (exact) mass is 422 g/mol. The molecule has 1 saturated heterocycles. The van der Waals surface area contributed by atoms with Crippen molar-refractivity contribution in [1.29, 1.82) is 0 Å². The highest BCUT2D eigenvalue weighted by atomic mass is 16.5. The van der Waals surface area contributed by atoms with Crippen LogP contribution in [0, 0.1) is 5.92 Å². The molecule has 1 N–H and O–H groups in total. The van der Waals surface area contributed by atoms with Crippen molar-refractivity contribution in [3.05, 3.63) is 54.4 Å². The summed E-state index contributed by atoms with van der Waals surface area (Å²) in [4.78, 5) is 22.0. The summed E-state index contributed by atoms with van der Waals surface area (Å²) in [5, 5.41) is 3.27. The summed E-state index contributed by atoms with van der Waals surface area (Å²) in [6.45, 7) is 4.46. The van der Waals surface area contributed by atoms with Crippen LogP contribution < -0.4 is 15.0 Å². The number of nitrogens with one attached hydrogen (secondary N) is 1. The number of aromatic nitrogens is 1. The van der Waals surface area contributed by atoms with Crippen LogP contribution >= 0.6 is 0 Å². The molecule has 1 aromatic carbocycles. The lowest BCUT2D eigenvalue weighted by atomic mass is 9.88. The van der Waals surface area contributed by atoms with Gasteiger partial charge in [-0.05, 0) is 48.7 Å². The summed E-state index contributed by atoms with van der Waals surface area (Å²) >= 11 is 0. The fraction of sp³-hybridized carbons (Fsp3) is 0.520. The molecule has 4 rings (SSSR count). The van der Waals surface area contributed by atoms with Gasteiger partial charge in [0.15, 0.2) is 0 Å². The van der Waals surface area contributed by atoms with E-state index in [1.807, 2.05) is 30.6 Å². The Hall–Kier alpha value is -2.60. The summed E-state index contributed by atoms with van der Waals surface area (Å²) in [5.74, 6) is 1.30. The van der Waals surface area contributed by atoms with Crippen molar-refractivity contribution in [3.8, 4) is 5.75 Å². The van der Waals surface area contributed by atoms with Gasteiger partial charge in [0.05, 0.1) is 13.2 Å². The van der Waals surface area contributed by atoms with Crippen LogP contribution in [0.25, 0.3) is 0 Å². The molecule has 2 aliphatic rings. The molecule has 0 spiro atoms. The van der Waals surface area contributed by atoms with Gasteiger partial charge in [0.25, 0.3) is 0 Å². The molecule has 1 saturated carbocycles. The molecular formula is C25H34N4O2. The molecule has 6 heteroatoms. The Balaban J connectivity index is 1.38. The van der Waals surface area contributed by atoms with Crippen LogP contribution in [-0.4, -0.2) is 55.6 Å². The molecule has 0 bridgehead atoms. The lowest BCUT2D eigenvalue weighted by Crippen LogP contribution is -2.50. The van der Waals surface area contributed by atoms with Crippen molar-refractivity contribution in [2.24, 2.45) is 5.92 Å². The van der Waals surface area contributed by atoms with Gasteiger partial charge in [-0.25, -0.2) is 0 Å². The molecule has 1 aliphatic carbocycles. The first-order valence-electron chi connectivity index (χ1n) is 11.6. The van der Waals surface area contributed by atoms with Crippen molar-refractivity contribution in [2.75, 3.05) is 44.7 Å². The number of hydrogen-bond acceptors (Lipinski definition) is 5. The number of amides is 1. The lowest BCUT2D eigenvalue weighted by Gasteiger charge is -2.40. The Kier molecular flexibility index (Phi) is 7.41. The summed E-state index contributed by atoms with van der Waals surface area (Å²) in [6.07, 6.45) is 9.43. The van der Waals surface area contributed by atoms with E-state index in [2.05, 4.69) is 38.3 Å². The first-order chi connectivity index (χ1) is 15.2. The predicted molar refractivity (Wildman–Crippen MR) is 123 cm³/mol. The molecule has 1 amide bonds. The third-order valence-electron chi connectivity index (χ3n) is 6.71. The first-order valence-corrected chi connectivity index (χ1v) is 11.6. The zero-order valence-electron chi connectivity index (χ0n) is 18.5. The summed E-state index contributed by atoms with van der Waals surface area (Å²) in [6, 6.07) is 12.5. The number of rotatable bonds is 7. The lowest BCUT2D eigenvalue weighted by molar-refractivity contribution is -0.126. The Morgan fingerprint density at radius 3 is 2.48 bits per heavy atom. The molecular weight excluding hydrogens is 388 g/mol. The van der Waals surface area contributed by atoms with Crippen LogP contribution in [0.15, 0.2) is 48.8 Å². The van der Waals surface area contributed by atoms with Gasteiger partial charge in [-0.2, -0.15) is 0 Å². The minimum absolute atomic E-state index is 0.152. The first kappa shape index (κ1) is 21.6. The Labute approximate surface area is 185 Å². The Morgan fingerprint density at radius 2 is 1.84 bits per heavy atom. The number of anilines is 1. The van der Waals surface area contributed by atoms with Crippen LogP contribution in [0.5, 0.6) is 5.75 Å². The average Bonchev–Trinajstić information content (AvgIpc) is 2.86. The maximum absolute atomic E-state index is 12.7. The predicted octanol–water partition coefficient (Wildman–Crippen LogP) is 3.65. The van der Waals surface area contributed by atoms with Gasteiger partial charge in [0.1, 0.15) is 5.75 Å². The van der Waals surface area contributed by atoms with Gasteiger partial charge < -0.3 is 15.0 Å². The molecule has 0 unspecified atom stereocenters. The van der Waals surface area contributed by atoms with Gasteiger partial charge in [-0.15, -0.1) is 0 Å². The Bertz CT molecular complexity index is 813. The highest BCUT2D eigenvalue weighted by Gasteiger charge is 2.27. The van der Waals surface area contributed by atoms with Crippen LogP contribution in [0.2, 0.25) is 0 Å². The summed E-state index contributed by atoms with van der Waals surface area (Å²) in [7, 11) is 1.69. The minimum Gasteiger partial charge on any atom is -0.497 e. The van der Waals surface area contributed by atoms with E-state index in [1.54, 1.807) is 7.11 Å². The van der Waals surface area contributed by atoms with Gasteiger partial charge in [0, 0.05) is 56.7 Å². The third kappa shape index (κ3) is 5.56. The molecule has 6 nitrogen and oxygen atoms in total. The third-order valence-corrected chi connectivity index (χ3v) is 6.71. The number of carbonyl (C=O) groups is 1. The van der Waals surface area contributed by atoms with E-state index in [0.717, 1.165) is 44.8 Å². The van der Waals surface area contributed by atoms with E-state index >= 15 is 0 Å². The van der Waals surface area contributed by atoms with Gasteiger partial charge in [-0.3, -0.25) is 14.7 Å². The number of pyridine rings is 1. The van der Waals surface area contributed by atoms with Gasteiger partial charge >= 0.3 is 0 Å².